The van der Waals surface area contributed by atoms with Crippen LogP contribution in [0.4, 0.5) is 10.5 Å². The Morgan fingerprint density at radius 1 is 1.10 bits per heavy atom. The Morgan fingerprint density at radius 3 is 2.50 bits per heavy atom. The second-order valence-corrected chi connectivity index (χ2v) is 8.18. The van der Waals surface area contributed by atoms with Crippen molar-refractivity contribution in [2.24, 2.45) is 0 Å². The van der Waals surface area contributed by atoms with Crippen LogP contribution in [0.2, 0.25) is 0 Å². The van der Waals surface area contributed by atoms with Gasteiger partial charge in [0.05, 0.1) is 25.3 Å². The molecule has 0 radical (unpaired) electrons. The van der Waals surface area contributed by atoms with Gasteiger partial charge in [-0.2, -0.15) is 0 Å². The summed E-state index contributed by atoms with van der Waals surface area (Å²) in [5, 5.41) is 0. The number of hydrogen-bond acceptors (Lipinski definition) is 5. The van der Waals surface area contributed by atoms with E-state index >= 15 is 0 Å². The molecule has 0 aliphatic carbocycles. The number of esters is 1. The lowest BCUT2D eigenvalue weighted by Gasteiger charge is -2.32. The molecule has 0 saturated carbocycles. The van der Waals surface area contributed by atoms with Crippen LogP contribution in [0.25, 0.3) is 0 Å². The molecule has 160 valence electrons. The SMILES string of the molecule is CCOC(=O)CC(c1ccccc1)c1ccc2c(c1)OCCN2C(=O)OC(C)(C)C. The van der Waals surface area contributed by atoms with Gasteiger partial charge < -0.3 is 14.2 Å². The third-order valence-electron chi connectivity index (χ3n) is 4.74. The number of carbonyl (C=O) groups is 2. The van der Waals surface area contributed by atoms with E-state index in [1.54, 1.807) is 11.8 Å². The number of rotatable bonds is 5. The third kappa shape index (κ3) is 5.32. The number of amides is 1. The summed E-state index contributed by atoms with van der Waals surface area (Å²) in [4.78, 5) is 26.5. The smallest absolute Gasteiger partial charge is 0.415 e. The third-order valence-corrected chi connectivity index (χ3v) is 4.74. The fourth-order valence-corrected chi connectivity index (χ4v) is 3.46. The lowest BCUT2D eigenvalue weighted by Crippen LogP contribution is -2.41. The van der Waals surface area contributed by atoms with Crippen molar-refractivity contribution >= 4 is 17.7 Å². The zero-order valence-electron chi connectivity index (χ0n) is 18.0. The highest BCUT2D eigenvalue weighted by Crippen LogP contribution is 2.38. The van der Waals surface area contributed by atoms with Gasteiger partial charge >= 0.3 is 12.1 Å². The molecule has 2 aromatic rings. The van der Waals surface area contributed by atoms with Crippen molar-refractivity contribution in [2.45, 2.75) is 45.6 Å². The Bertz CT molecular complexity index is 888. The minimum absolute atomic E-state index is 0.170. The van der Waals surface area contributed by atoms with Gasteiger partial charge in [0.25, 0.3) is 0 Å². The predicted octanol–water partition coefficient (Wildman–Crippen LogP) is 4.91. The maximum absolute atomic E-state index is 12.6. The molecule has 0 aromatic heterocycles. The fraction of sp³-hybridized carbons (Fsp3) is 0.417. The average Bonchev–Trinajstić information content (AvgIpc) is 2.70. The molecule has 0 bridgehead atoms. The van der Waals surface area contributed by atoms with E-state index in [1.807, 2.05) is 69.3 Å². The fourth-order valence-electron chi connectivity index (χ4n) is 3.46. The minimum Gasteiger partial charge on any atom is -0.490 e. The molecule has 0 N–H and O–H groups in total. The standard InChI is InChI=1S/C24H29NO5/c1-5-28-22(26)16-19(17-9-7-6-8-10-17)18-11-12-20-21(15-18)29-14-13-25(20)23(27)30-24(2,3)4/h6-12,15,19H,5,13-14,16H2,1-4H3. The van der Waals surface area contributed by atoms with Crippen LogP contribution >= 0.6 is 0 Å². The van der Waals surface area contributed by atoms with E-state index in [1.165, 1.54) is 0 Å². The van der Waals surface area contributed by atoms with E-state index in [2.05, 4.69) is 0 Å². The van der Waals surface area contributed by atoms with E-state index in [4.69, 9.17) is 14.2 Å². The molecule has 0 spiro atoms. The summed E-state index contributed by atoms with van der Waals surface area (Å²) in [5.41, 5.74) is 2.04. The van der Waals surface area contributed by atoms with Crippen LogP contribution in [-0.2, 0) is 14.3 Å². The van der Waals surface area contributed by atoms with Crippen LogP contribution in [0.5, 0.6) is 5.75 Å². The number of nitrogens with zero attached hydrogens (tertiary/aromatic N) is 1. The number of ether oxygens (including phenoxy) is 3. The molecule has 3 rings (SSSR count). The summed E-state index contributed by atoms with van der Waals surface area (Å²) >= 11 is 0. The van der Waals surface area contributed by atoms with Gasteiger partial charge in [0, 0.05) is 5.92 Å². The second kappa shape index (κ2) is 9.20. The highest BCUT2D eigenvalue weighted by molar-refractivity contribution is 5.90. The van der Waals surface area contributed by atoms with E-state index < -0.39 is 11.7 Å². The molecule has 1 unspecified atom stereocenters. The van der Waals surface area contributed by atoms with Gasteiger partial charge in [0.15, 0.2) is 0 Å². The van der Waals surface area contributed by atoms with Crippen molar-refractivity contribution in [3.63, 3.8) is 0 Å². The first-order valence-corrected chi connectivity index (χ1v) is 10.3. The Balaban J connectivity index is 1.92. The second-order valence-electron chi connectivity index (χ2n) is 8.18. The van der Waals surface area contributed by atoms with E-state index in [0.29, 0.717) is 31.2 Å². The van der Waals surface area contributed by atoms with Crippen molar-refractivity contribution in [3.8, 4) is 5.75 Å². The average molecular weight is 411 g/mol. The van der Waals surface area contributed by atoms with E-state index in [0.717, 1.165) is 11.1 Å². The van der Waals surface area contributed by atoms with Gasteiger partial charge in [0.2, 0.25) is 0 Å². The number of fused-ring (bicyclic) bond motifs is 1. The Labute approximate surface area is 177 Å². The molecule has 0 fully saturated rings. The van der Waals surface area contributed by atoms with Gasteiger partial charge in [-0.15, -0.1) is 0 Å². The minimum atomic E-state index is -0.576. The molecular formula is C24H29NO5. The van der Waals surface area contributed by atoms with Crippen molar-refractivity contribution in [2.75, 3.05) is 24.7 Å². The summed E-state index contributed by atoms with van der Waals surface area (Å²) < 4.78 is 16.6. The topological polar surface area (TPSA) is 65.1 Å². The number of benzene rings is 2. The first-order valence-electron chi connectivity index (χ1n) is 10.3. The van der Waals surface area contributed by atoms with Crippen LogP contribution in [0, 0.1) is 0 Å². The normalized spacial score (nSPS) is 14.3. The predicted molar refractivity (Wildman–Crippen MR) is 115 cm³/mol. The van der Waals surface area contributed by atoms with Crippen LogP contribution in [-0.4, -0.2) is 37.4 Å². The first-order chi connectivity index (χ1) is 14.3. The van der Waals surface area contributed by atoms with Crippen molar-refractivity contribution < 1.29 is 23.8 Å². The molecule has 1 amide bonds. The highest BCUT2D eigenvalue weighted by atomic mass is 16.6. The molecule has 2 aromatic carbocycles. The van der Waals surface area contributed by atoms with Crippen LogP contribution in [0.3, 0.4) is 0 Å². The molecule has 1 atom stereocenters. The van der Waals surface area contributed by atoms with Crippen molar-refractivity contribution in [1.29, 1.82) is 0 Å². The summed E-state index contributed by atoms with van der Waals surface area (Å²) in [6.45, 7) is 8.47. The molecule has 1 aliphatic rings. The molecular weight excluding hydrogens is 382 g/mol. The maximum atomic E-state index is 12.6. The van der Waals surface area contributed by atoms with Crippen LogP contribution in [0.1, 0.15) is 51.2 Å². The zero-order chi connectivity index (χ0) is 21.7. The molecule has 1 aliphatic heterocycles. The van der Waals surface area contributed by atoms with Crippen LogP contribution in [0.15, 0.2) is 48.5 Å². The van der Waals surface area contributed by atoms with E-state index in [9.17, 15) is 9.59 Å². The summed E-state index contributed by atoms with van der Waals surface area (Å²) in [6, 6.07) is 15.5. The molecule has 0 saturated heterocycles. The molecule has 6 nitrogen and oxygen atoms in total. The largest absolute Gasteiger partial charge is 0.490 e. The Morgan fingerprint density at radius 2 is 1.83 bits per heavy atom. The van der Waals surface area contributed by atoms with Gasteiger partial charge in [-0.05, 0) is 51.0 Å². The summed E-state index contributed by atoms with van der Waals surface area (Å²) in [7, 11) is 0. The van der Waals surface area contributed by atoms with Crippen molar-refractivity contribution in [1.82, 2.24) is 0 Å². The quantitative estimate of drug-likeness (QED) is 0.655. The van der Waals surface area contributed by atoms with E-state index in [-0.39, 0.29) is 18.3 Å². The van der Waals surface area contributed by atoms with Gasteiger partial charge in [-0.25, -0.2) is 4.79 Å². The van der Waals surface area contributed by atoms with Crippen molar-refractivity contribution in [3.05, 3.63) is 59.7 Å². The lowest BCUT2D eigenvalue weighted by molar-refractivity contribution is -0.143. The number of anilines is 1. The highest BCUT2D eigenvalue weighted by Gasteiger charge is 2.29. The molecule has 1 heterocycles. The van der Waals surface area contributed by atoms with Gasteiger partial charge in [-0.1, -0.05) is 36.4 Å². The Hall–Kier alpha value is -3.02. The zero-order valence-corrected chi connectivity index (χ0v) is 18.0. The van der Waals surface area contributed by atoms with Gasteiger partial charge in [0.1, 0.15) is 18.0 Å². The molecule has 6 heteroatoms. The number of carbonyl (C=O) groups excluding carboxylic acids is 2. The van der Waals surface area contributed by atoms with Crippen LogP contribution < -0.4 is 9.64 Å². The number of hydrogen-bond donors (Lipinski definition) is 0. The van der Waals surface area contributed by atoms with Gasteiger partial charge in [-0.3, -0.25) is 9.69 Å². The summed E-state index contributed by atoms with van der Waals surface area (Å²) in [6.07, 6.45) is -0.169. The monoisotopic (exact) mass is 411 g/mol. The Kier molecular flexibility index (Phi) is 6.65. The maximum Gasteiger partial charge on any atom is 0.415 e. The lowest BCUT2D eigenvalue weighted by atomic mass is 9.88. The molecule has 30 heavy (non-hydrogen) atoms. The summed E-state index contributed by atoms with van der Waals surface area (Å²) in [5.74, 6) is 0.186. The first kappa shape index (κ1) is 21.7.